The molecule has 2 N–H and O–H groups in total. The molecule has 0 radical (unpaired) electrons. The Hall–Kier alpha value is -1.08. The molecule has 0 bridgehead atoms. The molecule has 0 unspecified atom stereocenters. The third-order valence-electron chi connectivity index (χ3n) is 2.26. The highest BCUT2D eigenvalue weighted by atomic mass is 14.5. The van der Waals surface area contributed by atoms with Crippen molar-refractivity contribution in [2.75, 3.05) is 6.54 Å². The summed E-state index contributed by atoms with van der Waals surface area (Å²) in [4.78, 5) is 0. The third kappa shape index (κ3) is 2.71. The molecule has 1 aromatic rings. The van der Waals surface area contributed by atoms with Crippen LogP contribution in [-0.2, 0) is 0 Å². The van der Waals surface area contributed by atoms with Gasteiger partial charge in [0.1, 0.15) is 0 Å². The van der Waals surface area contributed by atoms with Gasteiger partial charge in [-0.25, -0.2) is 0 Å². The topological polar surface area (TPSA) is 26.0 Å². The van der Waals surface area contributed by atoms with E-state index in [1.807, 2.05) is 0 Å². The lowest BCUT2D eigenvalue weighted by Gasteiger charge is -2.03. The summed E-state index contributed by atoms with van der Waals surface area (Å²) in [5.41, 5.74) is 9.50. The van der Waals surface area contributed by atoms with Gasteiger partial charge in [0.2, 0.25) is 0 Å². The lowest BCUT2D eigenvalue weighted by molar-refractivity contribution is 1.02. The summed E-state index contributed by atoms with van der Waals surface area (Å²) in [7, 11) is 0. The fourth-order valence-corrected chi connectivity index (χ4v) is 1.27. The molecule has 0 saturated carbocycles. The molecule has 0 aliphatic rings. The molecule has 1 heteroatoms. The summed E-state index contributed by atoms with van der Waals surface area (Å²) < 4.78 is 0. The number of rotatable bonds is 3. The van der Waals surface area contributed by atoms with Gasteiger partial charge in [-0.3, -0.25) is 0 Å². The lowest BCUT2D eigenvalue weighted by Crippen LogP contribution is -2.01. The molecule has 1 aromatic carbocycles. The van der Waals surface area contributed by atoms with Crippen LogP contribution < -0.4 is 5.73 Å². The Morgan fingerprint density at radius 1 is 1.38 bits per heavy atom. The van der Waals surface area contributed by atoms with Crippen LogP contribution >= 0.6 is 0 Å². The van der Waals surface area contributed by atoms with E-state index in [2.05, 4.69) is 44.2 Å². The molecular formula is C12H17N. The van der Waals surface area contributed by atoms with Crippen molar-refractivity contribution in [3.05, 3.63) is 41.0 Å². The van der Waals surface area contributed by atoms with E-state index in [0.717, 1.165) is 6.42 Å². The first-order valence-corrected chi connectivity index (χ1v) is 4.73. The number of hydrogen-bond donors (Lipinski definition) is 1. The maximum atomic E-state index is 5.61. The van der Waals surface area contributed by atoms with E-state index < -0.39 is 0 Å². The predicted octanol–water partition coefficient (Wildman–Crippen LogP) is 2.75. The smallest absolute Gasteiger partial charge is 0.0140 e. The van der Waals surface area contributed by atoms with Gasteiger partial charge in [0.15, 0.2) is 0 Å². The molecule has 0 saturated heterocycles. The Kier molecular flexibility index (Phi) is 3.71. The third-order valence-corrected chi connectivity index (χ3v) is 2.26. The molecule has 0 fully saturated rings. The number of nitrogens with two attached hydrogens (primary N) is 1. The van der Waals surface area contributed by atoms with Gasteiger partial charge in [0.05, 0.1) is 0 Å². The van der Waals surface area contributed by atoms with Gasteiger partial charge in [-0.05, 0) is 24.5 Å². The molecule has 0 amide bonds. The zero-order chi connectivity index (χ0) is 9.68. The first-order chi connectivity index (χ1) is 6.27. The van der Waals surface area contributed by atoms with Crippen LogP contribution in [0.1, 0.15) is 24.5 Å². The fraction of sp³-hybridized carbons (Fsp3) is 0.333. The highest BCUT2D eigenvalue weighted by Gasteiger charge is 1.94. The monoisotopic (exact) mass is 175 g/mol. The lowest BCUT2D eigenvalue weighted by atomic mass is 10.0. The predicted molar refractivity (Wildman–Crippen MR) is 58.5 cm³/mol. The Morgan fingerprint density at radius 2 is 2.08 bits per heavy atom. The van der Waals surface area contributed by atoms with Gasteiger partial charge in [-0.1, -0.05) is 42.8 Å². The minimum Gasteiger partial charge on any atom is -0.327 e. The average molecular weight is 175 g/mol. The summed E-state index contributed by atoms with van der Waals surface area (Å²) in [6.45, 7) is 4.91. The Labute approximate surface area is 80.3 Å². The average Bonchev–Trinajstić information content (AvgIpc) is 2.17. The van der Waals surface area contributed by atoms with Crippen LogP contribution in [0.4, 0.5) is 0 Å². The van der Waals surface area contributed by atoms with Gasteiger partial charge in [-0.15, -0.1) is 0 Å². The van der Waals surface area contributed by atoms with Gasteiger partial charge in [0.25, 0.3) is 0 Å². The molecule has 0 atom stereocenters. The maximum Gasteiger partial charge on any atom is 0.0140 e. The second kappa shape index (κ2) is 4.83. The van der Waals surface area contributed by atoms with E-state index in [4.69, 9.17) is 5.73 Å². The molecule has 0 aromatic heterocycles. The summed E-state index contributed by atoms with van der Waals surface area (Å²) in [5.74, 6) is 0. The number of aryl methyl sites for hydroxylation is 1. The van der Waals surface area contributed by atoms with Crippen molar-refractivity contribution < 1.29 is 0 Å². The maximum absolute atomic E-state index is 5.61. The van der Waals surface area contributed by atoms with E-state index in [-0.39, 0.29) is 0 Å². The van der Waals surface area contributed by atoms with Crippen molar-refractivity contribution in [1.82, 2.24) is 0 Å². The summed E-state index contributed by atoms with van der Waals surface area (Å²) in [6, 6.07) is 8.36. The SMILES string of the molecule is CCC(=Cc1ccccc1C)CN. The van der Waals surface area contributed by atoms with E-state index in [1.54, 1.807) is 0 Å². The zero-order valence-corrected chi connectivity index (χ0v) is 8.38. The van der Waals surface area contributed by atoms with Crippen LogP contribution in [0.5, 0.6) is 0 Å². The molecule has 70 valence electrons. The zero-order valence-electron chi connectivity index (χ0n) is 8.38. The van der Waals surface area contributed by atoms with Gasteiger partial charge >= 0.3 is 0 Å². The van der Waals surface area contributed by atoms with Crippen molar-refractivity contribution in [2.45, 2.75) is 20.3 Å². The van der Waals surface area contributed by atoms with Crippen molar-refractivity contribution in [2.24, 2.45) is 5.73 Å². The molecule has 0 heterocycles. The summed E-state index contributed by atoms with van der Waals surface area (Å²) >= 11 is 0. The van der Waals surface area contributed by atoms with Crippen LogP contribution in [0.2, 0.25) is 0 Å². The molecule has 1 nitrogen and oxygen atoms in total. The largest absolute Gasteiger partial charge is 0.327 e. The standard InChI is InChI=1S/C12H17N/c1-3-11(9-13)8-12-7-5-4-6-10(12)2/h4-8H,3,9,13H2,1-2H3. The van der Waals surface area contributed by atoms with Crippen molar-refractivity contribution in [3.8, 4) is 0 Å². The molecule has 13 heavy (non-hydrogen) atoms. The molecular weight excluding hydrogens is 158 g/mol. The Morgan fingerprint density at radius 3 is 2.62 bits per heavy atom. The molecule has 0 aliphatic carbocycles. The summed E-state index contributed by atoms with van der Waals surface area (Å²) in [5, 5.41) is 0. The number of benzene rings is 1. The van der Waals surface area contributed by atoms with Gasteiger partial charge in [0, 0.05) is 6.54 Å². The first kappa shape index (κ1) is 10.0. The Bertz CT molecular complexity index is 294. The van der Waals surface area contributed by atoms with Crippen LogP contribution in [0.3, 0.4) is 0 Å². The van der Waals surface area contributed by atoms with Gasteiger partial charge in [-0.2, -0.15) is 0 Å². The Balaban J connectivity index is 2.95. The fourth-order valence-electron chi connectivity index (χ4n) is 1.27. The second-order valence-corrected chi connectivity index (χ2v) is 3.22. The quantitative estimate of drug-likeness (QED) is 0.751. The van der Waals surface area contributed by atoms with Crippen LogP contribution in [0, 0.1) is 6.92 Å². The molecule has 0 aliphatic heterocycles. The van der Waals surface area contributed by atoms with Crippen molar-refractivity contribution in [1.29, 1.82) is 0 Å². The molecule has 0 spiro atoms. The van der Waals surface area contributed by atoms with E-state index in [9.17, 15) is 0 Å². The van der Waals surface area contributed by atoms with Crippen molar-refractivity contribution >= 4 is 6.08 Å². The normalized spacial score (nSPS) is 11.8. The highest BCUT2D eigenvalue weighted by Crippen LogP contribution is 2.12. The summed E-state index contributed by atoms with van der Waals surface area (Å²) in [6.07, 6.45) is 3.22. The number of hydrogen-bond acceptors (Lipinski definition) is 1. The highest BCUT2D eigenvalue weighted by molar-refractivity contribution is 5.56. The van der Waals surface area contributed by atoms with Crippen LogP contribution in [0.25, 0.3) is 6.08 Å². The van der Waals surface area contributed by atoms with Gasteiger partial charge < -0.3 is 5.73 Å². The molecule has 1 rings (SSSR count). The van der Waals surface area contributed by atoms with E-state index in [0.29, 0.717) is 6.54 Å². The van der Waals surface area contributed by atoms with Crippen molar-refractivity contribution in [3.63, 3.8) is 0 Å². The van der Waals surface area contributed by atoms with E-state index in [1.165, 1.54) is 16.7 Å². The van der Waals surface area contributed by atoms with Crippen LogP contribution in [0.15, 0.2) is 29.8 Å². The first-order valence-electron chi connectivity index (χ1n) is 4.73. The van der Waals surface area contributed by atoms with Crippen LogP contribution in [-0.4, -0.2) is 6.54 Å². The van der Waals surface area contributed by atoms with E-state index >= 15 is 0 Å². The minimum atomic E-state index is 0.658. The second-order valence-electron chi connectivity index (χ2n) is 3.22. The minimum absolute atomic E-state index is 0.658.